The van der Waals surface area contributed by atoms with Crippen molar-refractivity contribution < 1.29 is 29.0 Å². The Hall–Kier alpha value is -2.77. The quantitative estimate of drug-likeness (QED) is 0.789. The first kappa shape index (κ1) is 19.0. The van der Waals surface area contributed by atoms with Crippen molar-refractivity contribution in [3.05, 3.63) is 23.8 Å². The van der Waals surface area contributed by atoms with Gasteiger partial charge >= 0.3 is 5.97 Å². The number of carboxylic acid groups (broad SMARTS) is 1. The lowest BCUT2D eigenvalue weighted by Gasteiger charge is -2.41. The van der Waals surface area contributed by atoms with E-state index in [0.29, 0.717) is 37.4 Å². The van der Waals surface area contributed by atoms with Crippen LogP contribution in [0.15, 0.2) is 18.2 Å². The molecule has 8 nitrogen and oxygen atoms in total. The van der Waals surface area contributed by atoms with Gasteiger partial charge in [0.15, 0.2) is 11.5 Å². The highest BCUT2D eigenvalue weighted by Crippen LogP contribution is 2.37. The first-order chi connectivity index (χ1) is 12.9. The third-order valence-electron chi connectivity index (χ3n) is 5.55. The van der Waals surface area contributed by atoms with E-state index in [0.717, 1.165) is 5.56 Å². The van der Waals surface area contributed by atoms with Crippen molar-refractivity contribution in [1.82, 2.24) is 10.2 Å². The highest BCUT2D eigenvalue weighted by molar-refractivity contribution is 5.88. The molecule has 0 aromatic heterocycles. The smallest absolute Gasteiger partial charge is 0.309 e. The molecule has 1 spiro atoms. The highest BCUT2D eigenvalue weighted by atomic mass is 16.5. The molecule has 1 aromatic rings. The Balaban J connectivity index is 1.64. The number of amides is 2. The minimum absolute atomic E-state index is 0.00885. The van der Waals surface area contributed by atoms with E-state index < -0.39 is 17.4 Å². The second-order valence-corrected chi connectivity index (χ2v) is 7.05. The van der Waals surface area contributed by atoms with E-state index in [1.165, 1.54) is 0 Å². The van der Waals surface area contributed by atoms with Crippen LogP contribution in [-0.2, 0) is 20.8 Å². The van der Waals surface area contributed by atoms with Gasteiger partial charge in [0.2, 0.25) is 11.8 Å². The molecule has 0 unspecified atom stereocenters. The lowest BCUT2D eigenvalue weighted by Crippen LogP contribution is -2.56. The number of hydrogen-bond donors (Lipinski definition) is 2. The van der Waals surface area contributed by atoms with E-state index in [9.17, 15) is 19.5 Å². The maximum Gasteiger partial charge on any atom is 0.309 e. The molecule has 2 amide bonds. The number of benzene rings is 1. The van der Waals surface area contributed by atoms with Crippen molar-refractivity contribution in [1.29, 1.82) is 0 Å². The van der Waals surface area contributed by atoms with Crippen LogP contribution in [0.5, 0.6) is 11.5 Å². The second kappa shape index (κ2) is 7.46. The standard InChI is InChI=1S/C19H24N2O6/c1-26-14-4-3-12(9-15(14)27-2)10-17(23)21-7-5-19(6-8-21)13(18(24)25)11-16(22)20-19/h3-4,9,13H,5-8,10-11H2,1-2H3,(H,20,22)(H,24,25)/t13-/m1/s1. The maximum absolute atomic E-state index is 12.7. The second-order valence-electron chi connectivity index (χ2n) is 7.05. The van der Waals surface area contributed by atoms with Gasteiger partial charge < -0.3 is 24.8 Å². The van der Waals surface area contributed by atoms with Gasteiger partial charge in [0, 0.05) is 19.5 Å². The number of ether oxygens (including phenoxy) is 2. The average Bonchev–Trinajstić information content (AvgIpc) is 2.98. The van der Waals surface area contributed by atoms with E-state index in [2.05, 4.69) is 5.32 Å². The highest BCUT2D eigenvalue weighted by Gasteiger charge is 2.51. The van der Waals surface area contributed by atoms with Gasteiger partial charge in [-0.1, -0.05) is 6.07 Å². The number of carbonyl (C=O) groups is 3. The van der Waals surface area contributed by atoms with Crippen molar-refractivity contribution in [3.8, 4) is 11.5 Å². The van der Waals surface area contributed by atoms with Gasteiger partial charge in [-0.15, -0.1) is 0 Å². The molecular formula is C19H24N2O6. The van der Waals surface area contributed by atoms with Crippen molar-refractivity contribution in [2.45, 2.75) is 31.2 Å². The van der Waals surface area contributed by atoms with Crippen molar-refractivity contribution in [3.63, 3.8) is 0 Å². The summed E-state index contributed by atoms with van der Waals surface area (Å²) in [7, 11) is 3.10. The first-order valence-electron chi connectivity index (χ1n) is 8.91. The largest absolute Gasteiger partial charge is 0.493 e. The fourth-order valence-electron chi connectivity index (χ4n) is 4.03. The summed E-state index contributed by atoms with van der Waals surface area (Å²) < 4.78 is 10.5. The molecule has 1 aromatic carbocycles. The summed E-state index contributed by atoms with van der Waals surface area (Å²) in [5.74, 6) is -0.781. The van der Waals surface area contributed by atoms with Gasteiger partial charge in [0.05, 0.1) is 32.1 Å². The number of rotatable bonds is 5. The molecular weight excluding hydrogens is 352 g/mol. The topological polar surface area (TPSA) is 105 Å². The van der Waals surface area contributed by atoms with Gasteiger partial charge in [0.1, 0.15) is 0 Å². The van der Waals surface area contributed by atoms with Crippen LogP contribution in [0.3, 0.4) is 0 Å². The lowest BCUT2D eigenvalue weighted by molar-refractivity contribution is -0.145. The van der Waals surface area contributed by atoms with Crippen LogP contribution < -0.4 is 14.8 Å². The van der Waals surface area contributed by atoms with Crippen molar-refractivity contribution >= 4 is 17.8 Å². The Morgan fingerprint density at radius 1 is 1.22 bits per heavy atom. The number of piperidine rings is 1. The van der Waals surface area contributed by atoms with Gasteiger partial charge in [-0.05, 0) is 30.5 Å². The molecule has 2 aliphatic heterocycles. The molecule has 0 bridgehead atoms. The number of methoxy groups -OCH3 is 2. The number of carboxylic acids is 1. The van der Waals surface area contributed by atoms with E-state index in [4.69, 9.17) is 9.47 Å². The molecule has 2 N–H and O–H groups in total. The minimum Gasteiger partial charge on any atom is -0.493 e. The predicted octanol–water partition coefficient (Wildman–Crippen LogP) is 0.828. The molecule has 2 fully saturated rings. The number of nitrogens with one attached hydrogen (secondary N) is 1. The summed E-state index contributed by atoms with van der Waals surface area (Å²) in [6, 6.07) is 5.36. The zero-order chi connectivity index (χ0) is 19.6. The van der Waals surface area contributed by atoms with Gasteiger partial charge in [0.25, 0.3) is 0 Å². The molecule has 0 saturated carbocycles. The van der Waals surface area contributed by atoms with Crippen LogP contribution in [0, 0.1) is 5.92 Å². The number of nitrogens with zero attached hydrogens (tertiary/aromatic N) is 1. The molecule has 3 rings (SSSR count). The summed E-state index contributed by atoms with van der Waals surface area (Å²) in [5.41, 5.74) is 0.0822. The Labute approximate surface area is 157 Å². The molecule has 0 aliphatic carbocycles. The fourth-order valence-corrected chi connectivity index (χ4v) is 4.03. The Bertz CT molecular complexity index is 755. The third-order valence-corrected chi connectivity index (χ3v) is 5.55. The molecule has 1 atom stereocenters. The van der Waals surface area contributed by atoms with E-state index in [1.807, 2.05) is 6.07 Å². The first-order valence-corrected chi connectivity index (χ1v) is 8.91. The van der Waals surface area contributed by atoms with Crippen LogP contribution in [0.1, 0.15) is 24.8 Å². The summed E-state index contributed by atoms with van der Waals surface area (Å²) in [5, 5.41) is 12.3. The zero-order valence-electron chi connectivity index (χ0n) is 15.5. The molecule has 27 heavy (non-hydrogen) atoms. The molecule has 2 saturated heterocycles. The van der Waals surface area contributed by atoms with Crippen LogP contribution in [0.2, 0.25) is 0 Å². The average molecular weight is 376 g/mol. The van der Waals surface area contributed by atoms with Crippen LogP contribution in [0.25, 0.3) is 0 Å². The summed E-state index contributed by atoms with van der Waals surface area (Å²) >= 11 is 0. The van der Waals surface area contributed by atoms with E-state index in [1.54, 1.807) is 31.3 Å². The Kier molecular flexibility index (Phi) is 5.25. The van der Waals surface area contributed by atoms with Crippen molar-refractivity contribution in [2.24, 2.45) is 5.92 Å². The zero-order valence-corrected chi connectivity index (χ0v) is 15.5. The van der Waals surface area contributed by atoms with Gasteiger partial charge in [-0.2, -0.15) is 0 Å². The van der Waals surface area contributed by atoms with E-state index >= 15 is 0 Å². The van der Waals surface area contributed by atoms with Crippen LogP contribution in [-0.4, -0.2) is 60.6 Å². The molecule has 8 heteroatoms. The number of likely N-dealkylation sites (tertiary alicyclic amines) is 1. The van der Waals surface area contributed by atoms with Crippen molar-refractivity contribution in [2.75, 3.05) is 27.3 Å². The number of aliphatic carboxylic acids is 1. The van der Waals surface area contributed by atoms with Crippen LogP contribution >= 0.6 is 0 Å². The number of hydrogen-bond acceptors (Lipinski definition) is 5. The predicted molar refractivity (Wildman–Crippen MR) is 95.7 cm³/mol. The number of carbonyl (C=O) groups excluding carboxylic acids is 2. The summed E-state index contributed by atoms with van der Waals surface area (Å²) in [4.78, 5) is 37.6. The lowest BCUT2D eigenvalue weighted by atomic mass is 9.77. The Morgan fingerprint density at radius 3 is 2.48 bits per heavy atom. The van der Waals surface area contributed by atoms with Gasteiger partial charge in [-0.25, -0.2) is 0 Å². The van der Waals surface area contributed by atoms with Gasteiger partial charge in [-0.3, -0.25) is 14.4 Å². The molecule has 2 aliphatic rings. The normalized spacial score (nSPS) is 21.0. The third kappa shape index (κ3) is 3.70. The van der Waals surface area contributed by atoms with Crippen LogP contribution in [0.4, 0.5) is 0 Å². The SMILES string of the molecule is COc1ccc(CC(=O)N2CCC3(CC2)NC(=O)C[C@@H]3C(=O)O)cc1OC. The molecule has 146 valence electrons. The minimum atomic E-state index is -0.960. The molecule has 0 radical (unpaired) electrons. The maximum atomic E-state index is 12.7. The molecule has 2 heterocycles. The summed E-state index contributed by atoms with van der Waals surface area (Å²) in [6.07, 6.45) is 1.14. The monoisotopic (exact) mass is 376 g/mol. The fraction of sp³-hybridized carbons (Fsp3) is 0.526. The summed E-state index contributed by atoms with van der Waals surface area (Å²) in [6.45, 7) is 0.854. The van der Waals surface area contributed by atoms with E-state index in [-0.39, 0.29) is 24.7 Å². The Morgan fingerprint density at radius 2 is 1.89 bits per heavy atom.